The predicted molar refractivity (Wildman–Crippen MR) is 112 cm³/mol. The summed E-state index contributed by atoms with van der Waals surface area (Å²) in [6.45, 7) is 2.89. The van der Waals surface area contributed by atoms with Gasteiger partial charge in [0, 0.05) is 19.2 Å². The third kappa shape index (κ3) is 3.59. The molecule has 1 amide bonds. The maximum atomic E-state index is 12.8. The highest BCUT2D eigenvalue weighted by Crippen LogP contribution is 2.36. The third-order valence-electron chi connectivity index (χ3n) is 5.22. The number of fused-ring (bicyclic) bond motifs is 1. The van der Waals surface area contributed by atoms with E-state index in [1.807, 2.05) is 25.1 Å². The van der Waals surface area contributed by atoms with E-state index in [4.69, 9.17) is 14.7 Å². The zero-order valence-corrected chi connectivity index (χ0v) is 17.6. The number of aromatic nitrogens is 3. The van der Waals surface area contributed by atoms with E-state index in [9.17, 15) is 4.79 Å². The van der Waals surface area contributed by atoms with Crippen LogP contribution in [0, 0.1) is 16.9 Å². The molecule has 1 aliphatic rings. The lowest BCUT2D eigenvalue weighted by Gasteiger charge is -2.20. The van der Waals surface area contributed by atoms with Crippen molar-refractivity contribution in [3.63, 3.8) is 0 Å². The van der Waals surface area contributed by atoms with Crippen molar-refractivity contribution in [1.82, 2.24) is 20.1 Å². The lowest BCUT2D eigenvalue weighted by atomic mass is 9.89. The van der Waals surface area contributed by atoms with Crippen LogP contribution in [0.2, 0.25) is 0 Å². The number of nitrogens with zero attached hydrogens (tertiary/aromatic N) is 5. The first-order chi connectivity index (χ1) is 14.5. The van der Waals surface area contributed by atoms with Crippen molar-refractivity contribution < 1.29 is 14.3 Å². The molecular weight excluding hydrogens is 404 g/mol. The number of methoxy groups -OCH3 is 2. The Balaban J connectivity index is 1.61. The molecule has 0 unspecified atom stereocenters. The van der Waals surface area contributed by atoms with E-state index >= 15 is 0 Å². The topological polar surface area (TPSA) is 113 Å². The summed E-state index contributed by atoms with van der Waals surface area (Å²) >= 11 is 1.39. The van der Waals surface area contributed by atoms with Crippen LogP contribution in [0.15, 0.2) is 24.3 Å². The number of carbonyl (C=O) groups excluding carboxylic acids is 1. The van der Waals surface area contributed by atoms with Gasteiger partial charge in [-0.2, -0.15) is 5.26 Å². The molecule has 1 fully saturated rings. The highest BCUT2D eigenvalue weighted by Gasteiger charge is 2.40. The molecule has 0 radical (unpaired) electrons. The van der Waals surface area contributed by atoms with Gasteiger partial charge < -0.3 is 19.7 Å². The molecule has 0 bridgehead atoms. The van der Waals surface area contributed by atoms with Crippen LogP contribution in [-0.2, 0) is 4.79 Å². The third-order valence-corrected chi connectivity index (χ3v) is 6.16. The molecule has 30 heavy (non-hydrogen) atoms. The monoisotopic (exact) mass is 424 g/mol. The van der Waals surface area contributed by atoms with Gasteiger partial charge >= 0.3 is 0 Å². The highest BCUT2D eigenvalue weighted by atomic mass is 32.1. The first kappa shape index (κ1) is 19.8. The van der Waals surface area contributed by atoms with Crippen LogP contribution >= 0.6 is 11.3 Å². The molecule has 0 saturated carbocycles. The van der Waals surface area contributed by atoms with Crippen LogP contribution in [0.5, 0.6) is 11.8 Å². The average Bonchev–Trinajstić information content (AvgIpc) is 3.36. The fraction of sp³-hybridized carbons (Fsp3) is 0.350. The van der Waals surface area contributed by atoms with Crippen molar-refractivity contribution >= 4 is 32.6 Å². The number of hydrogen-bond acceptors (Lipinski definition) is 9. The zero-order chi connectivity index (χ0) is 21.3. The summed E-state index contributed by atoms with van der Waals surface area (Å²) in [4.78, 5) is 18.9. The number of anilines is 1. The highest BCUT2D eigenvalue weighted by molar-refractivity contribution is 7.22. The summed E-state index contributed by atoms with van der Waals surface area (Å²) in [6.07, 6.45) is 2.75. The Hall–Kier alpha value is -3.45. The van der Waals surface area contributed by atoms with Crippen LogP contribution in [0.1, 0.15) is 13.3 Å². The SMILES string of the molecule is COc1cc(-c2ccc3nc(NC(=O)[C@]4(C)CCN(C#N)C4)sc3c2)c(OC)nn1. The number of rotatable bonds is 5. The number of amides is 1. The molecule has 1 atom stereocenters. The normalized spacial score (nSPS) is 18.3. The van der Waals surface area contributed by atoms with Crippen LogP contribution in [0.4, 0.5) is 5.13 Å². The van der Waals surface area contributed by atoms with Crippen molar-refractivity contribution in [3.05, 3.63) is 24.3 Å². The lowest BCUT2D eigenvalue weighted by Crippen LogP contribution is -2.35. The Morgan fingerprint density at radius 3 is 2.83 bits per heavy atom. The summed E-state index contributed by atoms with van der Waals surface area (Å²) in [5, 5.41) is 20.5. The Kier molecular flexibility index (Phi) is 5.13. The van der Waals surface area contributed by atoms with Crippen molar-refractivity contribution in [2.24, 2.45) is 5.41 Å². The molecule has 1 aliphatic heterocycles. The van der Waals surface area contributed by atoms with E-state index in [0.29, 0.717) is 36.4 Å². The molecule has 4 rings (SSSR count). The van der Waals surface area contributed by atoms with Crippen LogP contribution in [-0.4, -0.2) is 53.3 Å². The molecule has 1 saturated heterocycles. The Morgan fingerprint density at radius 2 is 2.13 bits per heavy atom. The van der Waals surface area contributed by atoms with Gasteiger partial charge in [-0.3, -0.25) is 4.79 Å². The smallest absolute Gasteiger partial charge is 0.241 e. The summed E-state index contributed by atoms with van der Waals surface area (Å²) in [6, 6.07) is 7.53. The van der Waals surface area contributed by atoms with Crippen LogP contribution < -0.4 is 14.8 Å². The number of thiazole rings is 1. The number of ether oxygens (including phenoxy) is 2. The first-order valence-corrected chi connectivity index (χ1v) is 10.1. The molecule has 2 aromatic heterocycles. The van der Waals surface area contributed by atoms with Crippen molar-refractivity contribution in [2.45, 2.75) is 13.3 Å². The van der Waals surface area contributed by atoms with Crippen molar-refractivity contribution in [2.75, 3.05) is 32.6 Å². The number of nitrogens with one attached hydrogen (secondary N) is 1. The van der Waals surface area contributed by atoms with E-state index in [0.717, 1.165) is 21.3 Å². The molecule has 0 aliphatic carbocycles. The lowest BCUT2D eigenvalue weighted by molar-refractivity contribution is -0.124. The fourth-order valence-electron chi connectivity index (χ4n) is 3.45. The average molecular weight is 424 g/mol. The van der Waals surface area contributed by atoms with Gasteiger partial charge in [0.05, 0.1) is 35.4 Å². The van der Waals surface area contributed by atoms with Gasteiger partial charge in [-0.1, -0.05) is 17.4 Å². The van der Waals surface area contributed by atoms with Gasteiger partial charge in [0.25, 0.3) is 0 Å². The molecule has 3 aromatic rings. The quantitative estimate of drug-likeness (QED) is 0.622. The minimum atomic E-state index is -0.606. The standard InChI is InChI=1S/C20H20N6O3S/c1-20(6-7-26(10-20)11-21)18(27)23-19-22-14-5-4-12(8-15(14)30-19)13-9-16(28-2)24-25-17(13)29-3/h4-5,8-9H,6-7,10H2,1-3H3,(H,22,23,27)/t20-/m1/s1. The molecule has 0 spiro atoms. The van der Waals surface area contributed by atoms with Crippen LogP contribution in [0.3, 0.4) is 0 Å². The second-order valence-electron chi connectivity index (χ2n) is 7.30. The van der Waals surface area contributed by atoms with Crippen LogP contribution in [0.25, 0.3) is 21.3 Å². The van der Waals surface area contributed by atoms with Crippen molar-refractivity contribution in [3.8, 4) is 29.1 Å². The molecule has 3 heterocycles. The zero-order valence-electron chi connectivity index (χ0n) is 16.8. The molecule has 154 valence electrons. The van der Waals surface area contributed by atoms with E-state index in [1.165, 1.54) is 25.6 Å². The van der Waals surface area contributed by atoms with Gasteiger partial charge in [0.2, 0.25) is 17.7 Å². The second-order valence-corrected chi connectivity index (χ2v) is 8.33. The number of carbonyl (C=O) groups is 1. The van der Waals surface area contributed by atoms with Gasteiger partial charge in [0.15, 0.2) is 11.3 Å². The number of nitriles is 1. The van der Waals surface area contributed by atoms with Gasteiger partial charge in [0.1, 0.15) is 0 Å². The molecular formula is C20H20N6O3S. The maximum absolute atomic E-state index is 12.8. The molecule has 1 N–H and O–H groups in total. The summed E-state index contributed by atoms with van der Waals surface area (Å²) in [5.74, 6) is 0.660. The minimum Gasteiger partial charge on any atom is -0.480 e. The van der Waals surface area contributed by atoms with Gasteiger partial charge in [-0.25, -0.2) is 4.98 Å². The van der Waals surface area contributed by atoms with E-state index in [1.54, 1.807) is 11.0 Å². The Bertz CT molecular complexity index is 1160. The number of benzene rings is 1. The van der Waals surface area contributed by atoms with E-state index in [2.05, 4.69) is 26.7 Å². The molecule has 1 aromatic carbocycles. The number of likely N-dealkylation sites (tertiary alicyclic amines) is 1. The predicted octanol–water partition coefficient (Wildman–Crippen LogP) is 2.90. The molecule has 10 heteroatoms. The Morgan fingerprint density at radius 1 is 1.30 bits per heavy atom. The molecule has 9 nitrogen and oxygen atoms in total. The van der Waals surface area contributed by atoms with E-state index < -0.39 is 5.41 Å². The van der Waals surface area contributed by atoms with Gasteiger partial charge in [-0.15, -0.1) is 10.2 Å². The fourth-order valence-corrected chi connectivity index (χ4v) is 4.35. The van der Waals surface area contributed by atoms with Crippen molar-refractivity contribution in [1.29, 1.82) is 5.26 Å². The Labute approximate surface area is 177 Å². The largest absolute Gasteiger partial charge is 0.480 e. The number of hydrogen-bond donors (Lipinski definition) is 1. The summed E-state index contributed by atoms with van der Waals surface area (Å²) in [7, 11) is 3.07. The second kappa shape index (κ2) is 7.76. The first-order valence-electron chi connectivity index (χ1n) is 9.28. The summed E-state index contributed by atoms with van der Waals surface area (Å²) < 4.78 is 11.4. The van der Waals surface area contributed by atoms with Gasteiger partial charge in [-0.05, 0) is 31.0 Å². The maximum Gasteiger partial charge on any atom is 0.241 e. The summed E-state index contributed by atoms with van der Waals surface area (Å²) in [5.41, 5.74) is 1.80. The van der Waals surface area contributed by atoms with E-state index in [-0.39, 0.29) is 5.91 Å². The minimum absolute atomic E-state index is 0.121.